The first-order chi connectivity index (χ1) is 13.6. The topological polar surface area (TPSA) is 46.5 Å². The summed E-state index contributed by atoms with van der Waals surface area (Å²) >= 11 is 0. The average molecular weight is 396 g/mol. The molecule has 1 aliphatic heterocycles. The van der Waals surface area contributed by atoms with Crippen LogP contribution in [0.1, 0.15) is 87.2 Å². The van der Waals surface area contributed by atoms with Crippen molar-refractivity contribution in [3.8, 4) is 16.9 Å². The van der Waals surface area contributed by atoms with Gasteiger partial charge in [-0.15, -0.1) is 0 Å². The Kier molecular flexibility index (Phi) is 4.85. The van der Waals surface area contributed by atoms with Crippen LogP contribution in [0.25, 0.3) is 11.1 Å². The zero-order valence-electron chi connectivity index (χ0n) is 16.4. The van der Waals surface area contributed by atoms with Gasteiger partial charge in [-0.1, -0.05) is 62.8 Å². The third-order valence-corrected chi connectivity index (χ3v) is 8.47. The molecule has 148 valence electrons. The molecule has 2 saturated carbocycles. The van der Waals surface area contributed by atoms with E-state index in [0.29, 0.717) is 22.9 Å². The van der Waals surface area contributed by atoms with E-state index in [-0.39, 0.29) is 0 Å². The maximum absolute atomic E-state index is 13.3. The highest BCUT2D eigenvalue weighted by atomic mass is 31.2. The SMILES string of the molecule is O=P1(O)Oc2ccccc2-c2cc(C3CCCCC3)cc(C3CCCCC3)c21. The summed E-state index contributed by atoms with van der Waals surface area (Å²) in [6.45, 7) is 0. The number of benzene rings is 2. The Bertz CT molecular complexity index is 923. The zero-order valence-corrected chi connectivity index (χ0v) is 17.3. The Morgan fingerprint density at radius 3 is 2.18 bits per heavy atom. The van der Waals surface area contributed by atoms with Crippen LogP contribution in [0.5, 0.6) is 5.75 Å². The number of hydrogen-bond acceptors (Lipinski definition) is 2. The molecular weight excluding hydrogens is 367 g/mol. The first kappa shape index (κ1) is 18.5. The molecular formula is C24H29O3P. The lowest BCUT2D eigenvalue weighted by molar-refractivity contribution is 0.390. The fraction of sp³-hybridized carbons (Fsp3) is 0.500. The minimum absolute atomic E-state index is 0.375. The minimum atomic E-state index is -3.87. The van der Waals surface area contributed by atoms with Crippen LogP contribution in [0, 0.1) is 0 Å². The van der Waals surface area contributed by atoms with E-state index in [1.807, 2.05) is 24.3 Å². The summed E-state index contributed by atoms with van der Waals surface area (Å²) < 4.78 is 19.0. The lowest BCUT2D eigenvalue weighted by atomic mass is 9.78. The third-order valence-electron chi connectivity index (χ3n) is 6.97. The fourth-order valence-corrected chi connectivity index (χ4v) is 7.12. The van der Waals surface area contributed by atoms with Gasteiger partial charge in [0.15, 0.2) is 0 Å². The molecule has 3 aliphatic rings. The summed E-state index contributed by atoms with van der Waals surface area (Å²) in [5, 5.41) is 0.581. The Balaban J connectivity index is 1.72. The van der Waals surface area contributed by atoms with Gasteiger partial charge in [-0.05, 0) is 60.8 Å². The second-order valence-corrected chi connectivity index (χ2v) is 10.5. The van der Waals surface area contributed by atoms with Crippen molar-refractivity contribution in [3.63, 3.8) is 0 Å². The van der Waals surface area contributed by atoms with E-state index in [1.54, 1.807) is 0 Å². The molecule has 1 unspecified atom stereocenters. The van der Waals surface area contributed by atoms with Crippen molar-refractivity contribution in [3.05, 3.63) is 47.5 Å². The van der Waals surface area contributed by atoms with E-state index in [0.717, 1.165) is 29.5 Å². The second kappa shape index (κ2) is 7.35. The van der Waals surface area contributed by atoms with Crippen LogP contribution in [0.3, 0.4) is 0 Å². The summed E-state index contributed by atoms with van der Waals surface area (Å²) in [5.74, 6) is 1.49. The van der Waals surface area contributed by atoms with Crippen LogP contribution in [0.2, 0.25) is 0 Å². The van der Waals surface area contributed by atoms with Crippen molar-refractivity contribution in [1.29, 1.82) is 0 Å². The summed E-state index contributed by atoms with van der Waals surface area (Å²) in [4.78, 5) is 10.9. The maximum Gasteiger partial charge on any atom is 0.409 e. The van der Waals surface area contributed by atoms with Gasteiger partial charge in [0.2, 0.25) is 0 Å². The van der Waals surface area contributed by atoms with Crippen LogP contribution in [0.15, 0.2) is 36.4 Å². The van der Waals surface area contributed by atoms with Crippen LogP contribution >= 0.6 is 7.60 Å². The Morgan fingerprint density at radius 1 is 0.821 bits per heavy atom. The predicted molar refractivity (Wildman–Crippen MR) is 114 cm³/mol. The molecule has 1 heterocycles. The molecule has 0 aromatic heterocycles. The summed E-state index contributed by atoms with van der Waals surface area (Å²) in [7, 11) is -3.87. The van der Waals surface area contributed by atoms with Crippen molar-refractivity contribution in [2.45, 2.75) is 76.0 Å². The van der Waals surface area contributed by atoms with E-state index in [1.165, 1.54) is 56.9 Å². The Labute approximate surface area is 167 Å². The standard InChI is InChI=1S/C24H29O3P/c25-28(26)24-21(18-11-5-2-6-12-18)15-19(17-9-3-1-4-10-17)16-22(24)20-13-7-8-14-23(20)27-28/h7-8,13-18H,1-6,9-12H2,(H,25,26). The largest absolute Gasteiger partial charge is 0.421 e. The summed E-state index contributed by atoms with van der Waals surface area (Å²) in [6, 6.07) is 12.2. The molecule has 5 rings (SSSR count). The molecule has 2 aromatic carbocycles. The average Bonchev–Trinajstić information content (AvgIpc) is 2.74. The van der Waals surface area contributed by atoms with E-state index in [2.05, 4.69) is 12.1 Å². The molecule has 2 aromatic rings. The fourth-order valence-electron chi connectivity index (χ4n) is 5.54. The molecule has 4 heteroatoms. The van der Waals surface area contributed by atoms with Gasteiger partial charge in [-0.2, -0.15) is 0 Å². The van der Waals surface area contributed by atoms with Crippen LogP contribution < -0.4 is 9.83 Å². The monoisotopic (exact) mass is 396 g/mol. The van der Waals surface area contributed by atoms with Crippen LogP contribution in [0.4, 0.5) is 0 Å². The normalized spacial score (nSPS) is 25.6. The number of hydrogen-bond donors (Lipinski definition) is 1. The van der Waals surface area contributed by atoms with E-state index in [4.69, 9.17) is 4.52 Å². The molecule has 0 saturated heterocycles. The van der Waals surface area contributed by atoms with Gasteiger partial charge in [0, 0.05) is 11.1 Å². The maximum atomic E-state index is 13.3. The zero-order chi connectivity index (χ0) is 19.1. The Morgan fingerprint density at radius 2 is 1.46 bits per heavy atom. The quantitative estimate of drug-likeness (QED) is 0.578. The van der Waals surface area contributed by atoms with E-state index in [9.17, 15) is 9.46 Å². The lowest BCUT2D eigenvalue weighted by Gasteiger charge is -2.33. The summed E-state index contributed by atoms with van der Waals surface area (Å²) in [6.07, 6.45) is 12.3. The van der Waals surface area contributed by atoms with Crippen molar-refractivity contribution < 1.29 is 14.0 Å². The molecule has 1 atom stereocenters. The van der Waals surface area contributed by atoms with Crippen molar-refractivity contribution >= 4 is 12.9 Å². The van der Waals surface area contributed by atoms with Crippen molar-refractivity contribution in [1.82, 2.24) is 0 Å². The molecule has 0 spiro atoms. The van der Waals surface area contributed by atoms with Crippen molar-refractivity contribution in [2.75, 3.05) is 0 Å². The first-order valence-corrected chi connectivity index (χ1v) is 12.5. The van der Waals surface area contributed by atoms with Gasteiger partial charge in [-0.3, -0.25) is 0 Å². The molecule has 3 nitrogen and oxygen atoms in total. The highest BCUT2D eigenvalue weighted by Gasteiger charge is 2.39. The predicted octanol–water partition coefficient (Wildman–Crippen LogP) is 6.65. The Hall–Kier alpha value is -1.57. The lowest BCUT2D eigenvalue weighted by Crippen LogP contribution is -2.25. The van der Waals surface area contributed by atoms with Gasteiger partial charge in [0.1, 0.15) is 5.75 Å². The van der Waals surface area contributed by atoms with E-state index < -0.39 is 7.60 Å². The molecule has 2 fully saturated rings. The number of para-hydroxylation sites is 1. The van der Waals surface area contributed by atoms with Crippen molar-refractivity contribution in [2.24, 2.45) is 0 Å². The van der Waals surface area contributed by atoms with Crippen LogP contribution in [-0.4, -0.2) is 4.89 Å². The van der Waals surface area contributed by atoms with E-state index >= 15 is 0 Å². The van der Waals surface area contributed by atoms with Gasteiger partial charge >= 0.3 is 7.60 Å². The second-order valence-electron chi connectivity index (χ2n) is 8.78. The van der Waals surface area contributed by atoms with Gasteiger partial charge in [0.25, 0.3) is 0 Å². The molecule has 0 radical (unpaired) electrons. The molecule has 1 N–H and O–H groups in total. The third kappa shape index (κ3) is 3.23. The smallest absolute Gasteiger partial charge is 0.409 e. The highest BCUT2D eigenvalue weighted by Crippen LogP contribution is 2.55. The molecule has 0 amide bonds. The first-order valence-electron chi connectivity index (χ1n) is 10.9. The number of fused-ring (bicyclic) bond motifs is 3. The van der Waals surface area contributed by atoms with Gasteiger partial charge < -0.3 is 9.42 Å². The minimum Gasteiger partial charge on any atom is -0.421 e. The summed E-state index contributed by atoms with van der Waals surface area (Å²) in [5.41, 5.74) is 4.37. The highest BCUT2D eigenvalue weighted by molar-refractivity contribution is 7.62. The van der Waals surface area contributed by atoms with Gasteiger partial charge in [-0.25, -0.2) is 4.57 Å². The van der Waals surface area contributed by atoms with Crippen LogP contribution in [-0.2, 0) is 4.57 Å². The molecule has 2 aliphatic carbocycles. The molecule has 0 bridgehead atoms. The number of rotatable bonds is 2. The van der Waals surface area contributed by atoms with Gasteiger partial charge in [0.05, 0.1) is 5.30 Å². The molecule has 28 heavy (non-hydrogen) atoms.